The van der Waals surface area contributed by atoms with Gasteiger partial charge in [0.1, 0.15) is 16.9 Å². The van der Waals surface area contributed by atoms with Crippen LogP contribution in [-0.4, -0.2) is 15.5 Å². The number of amides is 2. The van der Waals surface area contributed by atoms with Crippen LogP contribution in [0.3, 0.4) is 0 Å². The van der Waals surface area contributed by atoms with E-state index in [4.69, 9.17) is 0 Å². The first-order valence-corrected chi connectivity index (χ1v) is 13.5. The van der Waals surface area contributed by atoms with E-state index < -0.39 is 5.82 Å². The number of nitrogens with zero attached hydrogens (tertiary/aromatic N) is 2. The van der Waals surface area contributed by atoms with Gasteiger partial charge >= 0.3 is 6.03 Å². The molecular formula is C25H21BrFN3OS2. The molecule has 0 fully saturated rings. The minimum Gasteiger partial charge on any atom is -0.310 e. The fourth-order valence-electron chi connectivity index (χ4n) is 4.91. The smallest absolute Gasteiger partial charge is 0.310 e. The van der Waals surface area contributed by atoms with E-state index in [0.717, 1.165) is 23.4 Å². The molecule has 168 valence electrons. The molecule has 0 unspecified atom stereocenters. The molecule has 4 nitrogen and oxygen atoms in total. The highest BCUT2D eigenvalue weighted by Crippen LogP contribution is 2.44. The van der Waals surface area contributed by atoms with Gasteiger partial charge in [-0.3, -0.25) is 0 Å². The second kappa shape index (κ2) is 8.42. The number of nitrogens with one attached hydrogen (secondary N) is 1. The summed E-state index contributed by atoms with van der Waals surface area (Å²) >= 11 is 6.78. The molecule has 1 atom stereocenters. The van der Waals surface area contributed by atoms with Gasteiger partial charge in [-0.05, 0) is 73.0 Å². The number of rotatable bonds is 2. The monoisotopic (exact) mass is 541 g/mol. The van der Waals surface area contributed by atoms with E-state index in [-0.39, 0.29) is 17.8 Å². The van der Waals surface area contributed by atoms with E-state index in [2.05, 4.69) is 44.1 Å². The lowest BCUT2D eigenvalue weighted by molar-refractivity contribution is 0.195. The Morgan fingerprint density at radius 3 is 2.82 bits per heavy atom. The lowest BCUT2D eigenvalue weighted by Gasteiger charge is -2.30. The SMILES string of the molecule is O=C(Nc1ccc(Br)cc1F)N1Cc2c(sc3c2CCCC3)-n2cccc2[C@H]1c1cccs1. The number of carbonyl (C=O) groups excluding carboxylic acids is 1. The van der Waals surface area contributed by atoms with E-state index in [0.29, 0.717) is 11.0 Å². The van der Waals surface area contributed by atoms with Crippen molar-refractivity contribution in [3.05, 3.63) is 90.9 Å². The summed E-state index contributed by atoms with van der Waals surface area (Å²) < 4.78 is 17.5. The molecule has 33 heavy (non-hydrogen) atoms. The molecule has 0 saturated carbocycles. The van der Waals surface area contributed by atoms with Crippen molar-refractivity contribution < 1.29 is 9.18 Å². The Morgan fingerprint density at radius 1 is 1.12 bits per heavy atom. The minimum atomic E-state index is -0.461. The Hall–Kier alpha value is -2.42. The fourth-order valence-corrected chi connectivity index (χ4v) is 7.50. The normalized spacial score (nSPS) is 17.2. The lowest BCUT2D eigenvalue weighted by atomic mass is 9.95. The number of hydrogen-bond acceptors (Lipinski definition) is 3. The molecule has 1 aliphatic heterocycles. The van der Waals surface area contributed by atoms with Gasteiger partial charge < -0.3 is 14.8 Å². The molecule has 0 spiro atoms. The maximum atomic E-state index is 14.6. The van der Waals surface area contributed by atoms with Crippen LogP contribution in [-0.2, 0) is 19.4 Å². The Balaban J connectivity index is 1.48. The second-order valence-electron chi connectivity index (χ2n) is 8.40. The highest BCUT2D eigenvalue weighted by Gasteiger charge is 2.36. The average Bonchev–Trinajstić information content (AvgIpc) is 3.55. The standard InChI is InChI=1S/C25H21BrFN3OS2/c26-15-9-10-19(18(27)13-15)28-25(31)30-14-17-16-5-1-2-7-21(16)33-24(17)29-11-3-6-20(29)23(30)22-8-4-12-32-22/h3-4,6,8-13,23H,1-2,5,7,14H2,(H,28,31)/t23-/m0/s1. The zero-order chi connectivity index (χ0) is 22.5. The molecule has 1 aromatic carbocycles. The van der Waals surface area contributed by atoms with Gasteiger partial charge in [-0.2, -0.15) is 0 Å². The lowest BCUT2D eigenvalue weighted by Crippen LogP contribution is -2.38. The molecule has 8 heteroatoms. The summed E-state index contributed by atoms with van der Waals surface area (Å²) in [6, 6.07) is 12.4. The van der Waals surface area contributed by atoms with Crippen LogP contribution in [0, 0.1) is 5.82 Å². The second-order valence-corrected chi connectivity index (χ2v) is 11.4. The van der Waals surface area contributed by atoms with Crippen molar-refractivity contribution in [1.29, 1.82) is 0 Å². The number of aromatic nitrogens is 1. The van der Waals surface area contributed by atoms with E-state index in [1.165, 1.54) is 39.9 Å². The van der Waals surface area contributed by atoms with Crippen LogP contribution in [0.15, 0.2) is 58.5 Å². The number of thiophene rings is 2. The number of fused-ring (bicyclic) bond motifs is 5. The van der Waals surface area contributed by atoms with Crippen LogP contribution in [0.4, 0.5) is 14.9 Å². The van der Waals surface area contributed by atoms with Gasteiger partial charge in [0.15, 0.2) is 0 Å². The summed E-state index contributed by atoms with van der Waals surface area (Å²) in [5, 5.41) is 6.10. The van der Waals surface area contributed by atoms with Crippen molar-refractivity contribution in [1.82, 2.24) is 9.47 Å². The van der Waals surface area contributed by atoms with Gasteiger partial charge in [0.05, 0.1) is 17.9 Å². The molecule has 3 aromatic heterocycles. The van der Waals surface area contributed by atoms with Crippen LogP contribution < -0.4 is 5.32 Å². The Kier molecular flexibility index (Phi) is 5.39. The maximum absolute atomic E-state index is 14.6. The van der Waals surface area contributed by atoms with E-state index in [9.17, 15) is 9.18 Å². The van der Waals surface area contributed by atoms with Crippen molar-refractivity contribution in [2.24, 2.45) is 0 Å². The summed E-state index contributed by atoms with van der Waals surface area (Å²) in [7, 11) is 0. The summed E-state index contributed by atoms with van der Waals surface area (Å²) in [5.41, 5.74) is 3.87. The molecule has 1 N–H and O–H groups in total. The molecule has 2 amide bonds. The number of urea groups is 1. The quantitative estimate of drug-likeness (QED) is 0.280. The van der Waals surface area contributed by atoms with Gasteiger partial charge in [-0.15, -0.1) is 22.7 Å². The molecule has 4 heterocycles. The number of anilines is 1. The van der Waals surface area contributed by atoms with Crippen LogP contribution in [0.1, 0.15) is 45.5 Å². The summed E-state index contributed by atoms with van der Waals surface area (Å²) in [5.74, 6) is -0.461. The molecule has 4 aromatic rings. The molecule has 0 bridgehead atoms. The largest absolute Gasteiger partial charge is 0.323 e. The first-order valence-electron chi connectivity index (χ1n) is 11.0. The number of halogens is 2. The van der Waals surface area contributed by atoms with Crippen LogP contribution in [0.2, 0.25) is 0 Å². The van der Waals surface area contributed by atoms with Gasteiger partial charge in [-0.1, -0.05) is 22.0 Å². The van der Waals surface area contributed by atoms with Crippen LogP contribution in [0.5, 0.6) is 0 Å². The van der Waals surface area contributed by atoms with E-state index in [1.54, 1.807) is 23.5 Å². The van der Waals surface area contributed by atoms with Gasteiger partial charge in [-0.25, -0.2) is 9.18 Å². The number of aryl methyl sites for hydroxylation is 1. The van der Waals surface area contributed by atoms with Crippen molar-refractivity contribution in [2.45, 2.75) is 38.3 Å². The molecule has 1 aliphatic carbocycles. The minimum absolute atomic E-state index is 0.181. The van der Waals surface area contributed by atoms with E-state index >= 15 is 0 Å². The highest BCUT2D eigenvalue weighted by molar-refractivity contribution is 9.10. The zero-order valence-corrected chi connectivity index (χ0v) is 20.9. The summed E-state index contributed by atoms with van der Waals surface area (Å²) in [4.78, 5) is 18.1. The molecule has 0 saturated heterocycles. The molecular weight excluding hydrogens is 521 g/mol. The first-order chi connectivity index (χ1) is 16.1. The van der Waals surface area contributed by atoms with Gasteiger partial charge in [0, 0.05) is 26.0 Å². The Morgan fingerprint density at radius 2 is 2.00 bits per heavy atom. The van der Waals surface area contributed by atoms with Gasteiger partial charge in [0.2, 0.25) is 0 Å². The Bertz CT molecular complexity index is 1340. The van der Waals surface area contributed by atoms with E-state index in [1.807, 2.05) is 33.7 Å². The van der Waals surface area contributed by atoms with Crippen molar-refractivity contribution in [2.75, 3.05) is 5.32 Å². The predicted molar refractivity (Wildman–Crippen MR) is 135 cm³/mol. The number of benzene rings is 1. The van der Waals surface area contributed by atoms with Crippen LogP contribution in [0.25, 0.3) is 5.00 Å². The zero-order valence-electron chi connectivity index (χ0n) is 17.7. The fraction of sp³-hybridized carbons (Fsp3) is 0.240. The number of carbonyl (C=O) groups is 1. The summed E-state index contributed by atoms with van der Waals surface area (Å²) in [6.45, 7) is 0.495. The van der Waals surface area contributed by atoms with Crippen molar-refractivity contribution in [3.8, 4) is 5.00 Å². The maximum Gasteiger partial charge on any atom is 0.323 e. The third-order valence-corrected chi connectivity index (χ3v) is 9.18. The van der Waals surface area contributed by atoms with Gasteiger partial charge in [0.25, 0.3) is 0 Å². The molecule has 0 radical (unpaired) electrons. The number of hydrogen-bond donors (Lipinski definition) is 1. The topological polar surface area (TPSA) is 37.3 Å². The third kappa shape index (κ3) is 3.64. The third-order valence-electron chi connectivity index (χ3n) is 6.43. The predicted octanol–water partition coefficient (Wildman–Crippen LogP) is 7.52. The molecule has 2 aliphatic rings. The summed E-state index contributed by atoms with van der Waals surface area (Å²) in [6.07, 6.45) is 6.66. The molecule has 6 rings (SSSR count). The first kappa shape index (κ1) is 21.1. The van der Waals surface area contributed by atoms with Crippen LogP contribution >= 0.6 is 38.6 Å². The Labute approximate surface area is 207 Å². The average molecular weight is 542 g/mol. The highest BCUT2D eigenvalue weighted by atomic mass is 79.9. The van der Waals surface area contributed by atoms with Crippen molar-refractivity contribution >= 4 is 50.3 Å². The van der Waals surface area contributed by atoms with Crippen molar-refractivity contribution in [3.63, 3.8) is 0 Å².